The number of hydrogen-bond donors (Lipinski definition) is 1. The lowest BCUT2D eigenvalue weighted by Crippen LogP contribution is -2.36. The van der Waals surface area contributed by atoms with Crippen LogP contribution in [-0.4, -0.2) is 33.2 Å². The fourth-order valence-corrected chi connectivity index (χ4v) is 4.05. The molecular weight excluding hydrogens is 419 g/mol. The maximum absolute atomic E-state index is 13.9. The van der Waals surface area contributed by atoms with E-state index in [0.29, 0.717) is 36.2 Å². The van der Waals surface area contributed by atoms with Crippen molar-refractivity contribution in [3.8, 4) is 0 Å². The molecule has 2 amide bonds. The molecule has 0 saturated carbocycles. The second-order valence-electron chi connectivity index (χ2n) is 8.09. The zero-order chi connectivity index (χ0) is 22.9. The van der Waals surface area contributed by atoms with Gasteiger partial charge in [-0.1, -0.05) is 42.5 Å². The summed E-state index contributed by atoms with van der Waals surface area (Å²) in [6.07, 6.45) is 2.16. The Hall–Kier alpha value is -4.13. The largest absolute Gasteiger partial charge is 0.334 e. The van der Waals surface area contributed by atoms with E-state index in [1.54, 1.807) is 36.2 Å². The number of carbonyl (C=O) groups excluding carboxylic acids is 2. The molecule has 7 heteroatoms. The van der Waals surface area contributed by atoms with Crippen molar-refractivity contribution < 1.29 is 14.0 Å². The third kappa shape index (κ3) is 4.05. The van der Waals surface area contributed by atoms with Crippen LogP contribution < -0.4 is 5.32 Å². The summed E-state index contributed by atoms with van der Waals surface area (Å²) in [6, 6.07) is 17.8. The summed E-state index contributed by atoms with van der Waals surface area (Å²) >= 11 is 0. The summed E-state index contributed by atoms with van der Waals surface area (Å²) in [5.41, 5.74) is 2.97. The van der Waals surface area contributed by atoms with Crippen molar-refractivity contribution >= 4 is 28.5 Å². The standard InChI is InChI=1S/C26H21FN4O2/c1-16-9-10-18(13-22(16)27)25(33)31-12-11-23-19(15-31)14-28-26(29-23)30-24(32)21-8-4-6-17-5-2-3-7-20(17)21/h2-10,13-14H,11-12,15H2,1H3,(H,28,29,30,32). The van der Waals surface area contributed by atoms with Gasteiger partial charge in [-0.3, -0.25) is 14.9 Å². The molecule has 0 fully saturated rings. The fourth-order valence-electron chi connectivity index (χ4n) is 4.05. The minimum atomic E-state index is -0.395. The first-order chi connectivity index (χ1) is 16.0. The van der Waals surface area contributed by atoms with Gasteiger partial charge in [0.25, 0.3) is 11.8 Å². The van der Waals surface area contributed by atoms with Gasteiger partial charge < -0.3 is 4.90 Å². The molecule has 6 nitrogen and oxygen atoms in total. The molecule has 1 aliphatic rings. The lowest BCUT2D eigenvalue weighted by molar-refractivity contribution is 0.0732. The van der Waals surface area contributed by atoms with E-state index in [2.05, 4.69) is 15.3 Å². The highest BCUT2D eigenvalue weighted by Crippen LogP contribution is 2.22. The van der Waals surface area contributed by atoms with Crippen LogP contribution in [0, 0.1) is 12.7 Å². The van der Waals surface area contributed by atoms with Gasteiger partial charge in [-0.25, -0.2) is 14.4 Å². The number of amides is 2. The Labute approximate surface area is 190 Å². The van der Waals surface area contributed by atoms with E-state index in [1.165, 1.54) is 6.07 Å². The highest BCUT2D eigenvalue weighted by Gasteiger charge is 2.24. The Balaban J connectivity index is 1.32. The van der Waals surface area contributed by atoms with Gasteiger partial charge in [0.05, 0.1) is 5.69 Å². The number of rotatable bonds is 3. The summed E-state index contributed by atoms with van der Waals surface area (Å²) in [4.78, 5) is 36.1. The minimum absolute atomic E-state index is 0.229. The summed E-state index contributed by atoms with van der Waals surface area (Å²) in [7, 11) is 0. The average molecular weight is 440 g/mol. The van der Waals surface area contributed by atoms with E-state index in [0.717, 1.165) is 22.0 Å². The number of nitrogens with one attached hydrogen (secondary N) is 1. The normalized spacial score (nSPS) is 13.0. The molecule has 1 aliphatic heterocycles. The van der Waals surface area contributed by atoms with Gasteiger partial charge in [0, 0.05) is 42.4 Å². The third-order valence-corrected chi connectivity index (χ3v) is 5.90. The molecule has 5 rings (SSSR count). The van der Waals surface area contributed by atoms with Gasteiger partial charge in [-0.2, -0.15) is 0 Å². The molecule has 4 aromatic rings. The van der Waals surface area contributed by atoms with Gasteiger partial charge in [0.15, 0.2) is 0 Å². The first kappa shape index (κ1) is 20.8. The van der Waals surface area contributed by atoms with Crippen molar-refractivity contribution in [1.29, 1.82) is 0 Å². The number of anilines is 1. The molecule has 0 bridgehead atoms. The second-order valence-corrected chi connectivity index (χ2v) is 8.09. The predicted octanol–water partition coefficient (Wildman–Crippen LogP) is 4.53. The Kier molecular flexibility index (Phi) is 5.30. The van der Waals surface area contributed by atoms with Crippen molar-refractivity contribution in [1.82, 2.24) is 14.9 Å². The van der Waals surface area contributed by atoms with Crippen LogP contribution in [0.2, 0.25) is 0 Å². The topological polar surface area (TPSA) is 75.2 Å². The number of benzene rings is 3. The number of hydrogen-bond acceptors (Lipinski definition) is 4. The van der Waals surface area contributed by atoms with Crippen LogP contribution in [0.15, 0.2) is 66.9 Å². The number of carbonyl (C=O) groups is 2. The number of aromatic nitrogens is 2. The first-order valence-corrected chi connectivity index (χ1v) is 10.7. The Morgan fingerprint density at radius 2 is 1.88 bits per heavy atom. The van der Waals surface area contributed by atoms with Crippen LogP contribution in [0.25, 0.3) is 10.8 Å². The molecular formula is C26H21FN4O2. The number of fused-ring (bicyclic) bond motifs is 2. The molecule has 33 heavy (non-hydrogen) atoms. The maximum atomic E-state index is 13.9. The van der Waals surface area contributed by atoms with E-state index < -0.39 is 5.82 Å². The molecule has 0 aliphatic carbocycles. The predicted molar refractivity (Wildman–Crippen MR) is 124 cm³/mol. The number of aryl methyl sites for hydroxylation is 1. The first-order valence-electron chi connectivity index (χ1n) is 10.7. The van der Waals surface area contributed by atoms with Crippen LogP contribution in [0.4, 0.5) is 10.3 Å². The molecule has 164 valence electrons. The smallest absolute Gasteiger partial charge is 0.258 e. The van der Waals surface area contributed by atoms with Gasteiger partial charge in [-0.05, 0) is 41.5 Å². The van der Waals surface area contributed by atoms with E-state index >= 15 is 0 Å². The molecule has 0 atom stereocenters. The third-order valence-electron chi connectivity index (χ3n) is 5.90. The fraction of sp³-hybridized carbons (Fsp3) is 0.154. The van der Waals surface area contributed by atoms with Crippen LogP contribution in [0.5, 0.6) is 0 Å². The zero-order valence-electron chi connectivity index (χ0n) is 18.0. The van der Waals surface area contributed by atoms with Crippen molar-refractivity contribution in [2.45, 2.75) is 19.9 Å². The molecule has 2 heterocycles. The van der Waals surface area contributed by atoms with E-state index in [9.17, 15) is 14.0 Å². The summed E-state index contributed by atoms with van der Waals surface area (Å²) < 4.78 is 13.9. The lowest BCUT2D eigenvalue weighted by Gasteiger charge is -2.28. The van der Waals surface area contributed by atoms with Gasteiger partial charge >= 0.3 is 0 Å². The Morgan fingerprint density at radius 3 is 2.73 bits per heavy atom. The lowest BCUT2D eigenvalue weighted by atomic mass is 10.0. The van der Waals surface area contributed by atoms with Crippen LogP contribution >= 0.6 is 0 Å². The summed E-state index contributed by atoms with van der Waals surface area (Å²) in [5.74, 6) is -0.672. The minimum Gasteiger partial charge on any atom is -0.334 e. The molecule has 0 spiro atoms. The van der Waals surface area contributed by atoms with E-state index in [-0.39, 0.29) is 17.8 Å². The molecule has 1 N–H and O–H groups in total. The second kappa shape index (κ2) is 8.43. The van der Waals surface area contributed by atoms with Gasteiger partial charge in [-0.15, -0.1) is 0 Å². The molecule has 0 radical (unpaired) electrons. The SMILES string of the molecule is Cc1ccc(C(=O)N2CCc3nc(NC(=O)c4cccc5ccccc45)ncc3C2)cc1F. The van der Waals surface area contributed by atoms with Crippen molar-refractivity contribution in [2.24, 2.45) is 0 Å². The summed E-state index contributed by atoms with van der Waals surface area (Å²) in [6.45, 7) is 2.45. The summed E-state index contributed by atoms with van der Waals surface area (Å²) in [5, 5.41) is 4.63. The molecule has 0 unspecified atom stereocenters. The van der Waals surface area contributed by atoms with Crippen molar-refractivity contribution in [3.05, 3.63) is 101 Å². The van der Waals surface area contributed by atoms with Gasteiger partial charge in [0.2, 0.25) is 5.95 Å². The molecule has 0 saturated heterocycles. The quantitative estimate of drug-likeness (QED) is 0.508. The van der Waals surface area contributed by atoms with E-state index in [4.69, 9.17) is 0 Å². The van der Waals surface area contributed by atoms with Crippen LogP contribution in [0.1, 0.15) is 37.5 Å². The van der Waals surface area contributed by atoms with E-state index in [1.807, 2.05) is 36.4 Å². The highest BCUT2D eigenvalue weighted by molar-refractivity contribution is 6.12. The highest BCUT2D eigenvalue weighted by atomic mass is 19.1. The van der Waals surface area contributed by atoms with Gasteiger partial charge in [0.1, 0.15) is 5.82 Å². The average Bonchev–Trinajstić information content (AvgIpc) is 2.84. The van der Waals surface area contributed by atoms with Crippen LogP contribution in [0.3, 0.4) is 0 Å². The molecule has 1 aromatic heterocycles. The molecule has 3 aromatic carbocycles. The Bertz CT molecular complexity index is 1400. The monoisotopic (exact) mass is 440 g/mol. The zero-order valence-corrected chi connectivity index (χ0v) is 18.0. The maximum Gasteiger partial charge on any atom is 0.258 e. The Morgan fingerprint density at radius 1 is 1.06 bits per heavy atom. The van der Waals surface area contributed by atoms with Crippen molar-refractivity contribution in [3.63, 3.8) is 0 Å². The number of halogens is 1. The number of nitrogens with zero attached hydrogens (tertiary/aromatic N) is 3. The van der Waals surface area contributed by atoms with Crippen molar-refractivity contribution in [2.75, 3.05) is 11.9 Å². The van der Waals surface area contributed by atoms with Crippen LogP contribution in [-0.2, 0) is 13.0 Å².